The standard InChI is InChI=1S/C26H40N2O5/c1-24(2)15-21(28-23(30)17-32-4)26(13-12-25(3,31)14-20(24)26)11-10-22(29)27-16-18-6-8-19(33-5)9-7-18/h6-9,20-21,31H,10-17H2,1-5H3,(H,27,29)(H,28,30)/t20-,21-,25-,26-/m0/s1. The van der Waals surface area contributed by atoms with Crippen LogP contribution in [-0.2, 0) is 20.9 Å². The number of carbonyl (C=O) groups excluding carboxylic acids is 2. The molecule has 0 saturated heterocycles. The molecule has 33 heavy (non-hydrogen) atoms. The van der Waals surface area contributed by atoms with E-state index < -0.39 is 5.60 Å². The first-order chi connectivity index (χ1) is 15.5. The first kappa shape index (κ1) is 25.5. The molecule has 0 bridgehead atoms. The van der Waals surface area contributed by atoms with Gasteiger partial charge in [-0.1, -0.05) is 26.0 Å². The summed E-state index contributed by atoms with van der Waals surface area (Å²) in [5.41, 5.74) is 0.0374. The first-order valence-corrected chi connectivity index (χ1v) is 11.9. The Morgan fingerprint density at radius 2 is 1.76 bits per heavy atom. The second kappa shape index (κ2) is 10.0. The van der Waals surface area contributed by atoms with Gasteiger partial charge in [0.1, 0.15) is 12.4 Å². The lowest BCUT2D eigenvalue weighted by Gasteiger charge is -2.50. The van der Waals surface area contributed by atoms with E-state index in [0.717, 1.165) is 24.2 Å². The Labute approximate surface area is 197 Å². The molecule has 0 aliphatic heterocycles. The number of amides is 2. The highest BCUT2D eigenvalue weighted by Gasteiger charge is 2.61. The van der Waals surface area contributed by atoms with E-state index in [9.17, 15) is 14.7 Å². The van der Waals surface area contributed by atoms with Crippen molar-refractivity contribution < 1.29 is 24.2 Å². The summed E-state index contributed by atoms with van der Waals surface area (Å²) in [4.78, 5) is 25.2. The van der Waals surface area contributed by atoms with Gasteiger partial charge in [-0.05, 0) is 73.5 Å². The van der Waals surface area contributed by atoms with Crippen molar-refractivity contribution in [3.63, 3.8) is 0 Å². The summed E-state index contributed by atoms with van der Waals surface area (Å²) in [6.07, 6.45) is 4.05. The van der Waals surface area contributed by atoms with Crippen LogP contribution in [0.4, 0.5) is 0 Å². The van der Waals surface area contributed by atoms with Gasteiger partial charge in [0, 0.05) is 26.1 Å². The average Bonchev–Trinajstić information content (AvgIpc) is 2.97. The molecule has 2 aliphatic rings. The Balaban J connectivity index is 1.70. The highest BCUT2D eigenvalue weighted by atomic mass is 16.5. The maximum Gasteiger partial charge on any atom is 0.246 e. The van der Waals surface area contributed by atoms with E-state index in [2.05, 4.69) is 24.5 Å². The molecule has 4 atom stereocenters. The number of carbonyl (C=O) groups is 2. The summed E-state index contributed by atoms with van der Waals surface area (Å²) in [6.45, 7) is 6.84. The molecule has 0 heterocycles. The molecular formula is C26H40N2O5. The van der Waals surface area contributed by atoms with E-state index in [1.165, 1.54) is 7.11 Å². The van der Waals surface area contributed by atoms with Gasteiger partial charge in [-0.3, -0.25) is 9.59 Å². The SMILES string of the molecule is COCC(=O)N[C@H]1CC(C)(C)[C@@H]2C[C@@](C)(O)CC[C@]12CCC(=O)NCc1ccc(OC)cc1. The second-order valence-corrected chi connectivity index (χ2v) is 10.9. The minimum atomic E-state index is -0.715. The molecule has 3 N–H and O–H groups in total. The van der Waals surface area contributed by atoms with Crippen LogP contribution in [-0.4, -0.2) is 49.4 Å². The van der Waals surface area contributed by atoms with Crippen LogP contribution in [0.5, 0.6) is 5.75 Å². The molecule has 2 aliphatic carbocycles. The molecule has 3 rings (SSSR count). The number of hydrogen-bond donors (Lipinski definition) is 3. The van der Waals surface area contributed by atoms with Crippen LogP contribution < -0.4 is 15.4 Å². The lowest BCUT2D eigenvalue weighted by atomic mass is 9.57. The quantitative estimate of drug-likeness (QED) is 0.526. The number of aliphatic hydroxyl groups is 1. The number of benzene rings is 1. The molecule has 2 amide bonds. The van der Waals surface area contributed by atoms with Crippen molar-refractivity contribution in [2.24, 2.45) is 16.7 Å². The Morgan fingerprint density at radius 3 is 2.39 bits per heavy atom. The minimum absolute atomic E-state index is 0.00273. The molecule has 2 saturated carbocycles. The van der Waals surface area contributed by atoms with E-state index in [-0.39, 0.29) is 41.2 Å². The highest BCUT2D eigenvalue weighted by Crippen LogP contribution is 2.63. The summed E-state index contributed by atoms with van der Waals surface area (Å²) in [7, 11) is 3.14. The monoisotopic (exact) mass is 460 g/mol. The molecule has 2 fully saturated rings. The fourth-order valence-electron chi connectivity index (χ4n) is 6.18. The van der Waals surface area contributed by atoms with Gasteiger partial charge in [0.25, 0.3) is 0 Å². The number of rotatable bonds is 9. The molecular weight excluding hydrogens is 420 g/mol. The third-order valence-electron chi connectivity index (χ3n) is 7.91. The first-order valence-electron chi connectivity index (χ1n) is 11.9. The van der Waals surface area contributed by atoms with Crippen molar-refractivity contribution in [2.45, 2.75) is 77.5 Å². The third-order valence-corrected chi connectivity index (χ3v) is 7.91. The van der Waals surface area contributed by atoms with Crippen molar-refractivity contribution in [3.05, 3.63) is 29.8 Å². The van der Waals surface area contributed by atoms with Crippen molar-refractivity contribution >= 4 is 11.8 Å². The largest absolute Gasteiger partial charge is 0.497 e. The predicted molar refractivity (Wildman–Crippen MR) is 127 cm³/mol. The Morgan fingerprint density at radius 1 is 1.06 bits per heavy atom. The molecule has 7 heteroatoms. The fourth-order valence-corrected chi connectivity index (χ4v) is 6.18. The molecule has 0 spiro atoms. The van der Waals surface area contributed by atoms with E-state index >= 15 is 0 Å². The molecule has 0 unspecified atom stereocenters. The van der Waals surface area contributed by atoms with E-state index in [1.807, 2.05) is 31.2 Å². The van der Waals surface area contributed by atoms with Crippen LogP contribution in [0.15, 0.2) is 24.3 Å². The van der Waals surface area contributed by atoms with E-state index in [1.54, 1.807) is 7.11 Å². The summed E-state index contributed by atoms with van der Waals surface area (Å²) < 4.78 is 10.2. The number of fused-ring (bicyclic) bond motifs is 1. The topological polar surface area (TPSA) is 96.9 Å². The molecule has 0 radical (unpaired) electrons. The summed E-state index contributed by atoms with van der Waals surface area (Å²) >= 11 is 0. The third kappa shape index (κ3) is 5.87. The fraction of sp³-hybridized carbons (Fsp3) is 0.692. The van der Waals surface area contributed by atoms with Gasteiger partial charge in [0.2, 0.25) is 11.8 Å². The van der Waals surface area contributed by atoms with Gasteiger partial charge in [-0.2, -0.15) is 0 Å². The van der Waals surface area contributed by atoms with Crippen LogP contribution >= 0.6 is 0 Å². The van der Waals surface area contributed by atoms with E-state index in [4.69, 9.17) is 9.47 Å². The second-order valence-electron chi connectivity index (χ2n) is 10.9. The van der Waals surface area contributed by atoms with Gasteiger partial charge < -0.3 is 25.2 Å². The molecule has 0 aromatic heterocycles. The zero-order chi connectivity index (χ0) is 24.3. The molecule has 184 valence electrons. The van der Waals surface area contributed by atoms with Crippen LogP contribution in [0.3, 0.4) is 0 Å². The Bertz CT molecular complexity index is 836. The van der Waals surface area contributed by atoms with Gasteiger partial charge in [0.15, 0.2) is 0 Å². The summed E-state index contributed by atoms with van der Waals surface area (Å²) in [5, 5.41) is 17.1. The van der Waals surface area contributed by atoms with E-state index in [0.29, 0.717) is 32.2 Å². The maximum atomic E-state index is 12.8. The van der Waals surface area contributed by atoms with Gasteiger partial charge in [0.05, 0.1) is 12.7 Å². The number of ether oxygens (including phenoxy) is 2. The predicted octanol–water partition coefficient (Wildman–Crippen LogP) is 3.19. The van der Waals surface area contributed by atoms with Crippen LogP contribution in [0, 0.1) is 16.7 Å². The van der Waals surface area contributed by atoms with Crippen LogP contribution in [0.2, 0.25) is 0 Å². The zero-order valence-electron chi connectivity index (χ0n) is 20.7. The van der Waals surface area contributed by atoms with Crippen LogP contribution in [0.25, 0.3) is 0 Å². The minimum Gasteiger partial charge on any atom is -0.497 e. The highest BCUT2D eigenvalue weighted by molar-refractivity contribution is 5.78. The van der Waals surface area contributed by atoms with Crippen molar-refractivity contribution in [3.8, 4) is 5.75 Å². The Hall–Kier alpha value is -2.12. The van der Waals surface area contributed by atoms with Gasteiger partial charge in [-0.25, -0.2) is 0 Å². The molecule has 1 aromatic carbocycles. The van der Waals surface area contributed by atoms with Gasteiger partial charge >= 0.3 is 0 Å². The normalized spacial score (nSPS) is 30.4. The van der Waals surface area contributed by atoms with Crippen molar-refractivity contribution in [2.75, 3.05) is 20.8 Å². The number of nitrogens with one attached hydrogen (secondary N) is 2. The lowest BCUT2D eigenvalue weighted by molar-refractivity contribution is -0.128. The van der Waals surface area contributed by atoms with Crippen molar-refractivity contribution in [1.29, 1.82) is 0 Å². The maximum absolute atomic E-state index is 12.8. The zero-order valence-corrected chi connectivity index (χ0v) is 20.7. The summed E-state index contributed by atoms with van der Waals surface area (Å²) in [6, 6.07) is 7.61. The smallest absolute Gasteiger partial charge is 0.246 e. The average molecular weight is 461 g/mol. The van der Waals surface area contributed by atoms with Gasteiger partial charge in [-0.15, -0.1) is 0 Å². The Kier molecular flexibility index (Phi) is 7.74. The lowest BCUT2D eigenvalue weighted by Crippen LogP contribution is -2.53. The number of methoxy groups -OCH3 is 2. The summed E-state index contributed by atoms with van der Waals surface area (Å²) in [5.74, 6) is 0.882. The van der Waals surface area contributed by atoms with Crippen LogP contribution in [0.1, 0.15) is 64.9 Å². The molecule has 1 aromatic rings. The van der Waals surface area contributed by atoms with Crippen molar-refractivity contribution in [1.82, 2.24) is 10.6 Å². The molecule has 7 nitrogen and oxygen atoms in total. The number of hydrogen-bond acceptors (Lipinski definition) is 5.